The summed E-state index contributed by atoms with van der Waals surface area (Å²) in [5, 5.41) is 10.8. The number of halogens is 2. The minimum absolute atomic E-state index is 0.0520. The molecule has 1 unspecified atom stereocenters. The predicted molar refractivity (Wildman–Crippen MR) is 130 cm³/mol. The van der Waals surface area contributed by atoms with E-state index in [9.17, 15) is 23.9 Å². The van der Waals surface area contributed by atoms with Crippen LogP contribution in [0, 0.1) is 5.82 Å². The average molecular weight is 519 g/mol. The molecule has 2 amide bonds. The van der Waals surface area contributed by atoms with Gasteiger partial charge in [0.15, 0.2) is 5.75 Å². The van der Waals surface area contributed by atoms with Gasteiger partial charge in [-0.15, -0.1) is 0 Å². The lowest BCUT2D eigenvalue weighted by atomic mass is 9.94. The molecule has 3 aliphatic heterocycles. The molecule has 3 aliphatic rings. The van der Waals surface area contributed by atoms with Crippen LogP contribution in [0.5, 0.6) is 5.75 Å². The van der Waals surface area contributed by atoms with Crippen molar-refractivity contribution in [2.45, 2.75) is 32.0 Å². The molecule has 1 fully saturated rings. The molecule has 2 aromatic rings. The van der Waals surface area contributed by atoms with E-state index in [0.29, 0.717) is 43.7 Å². The van der Waals surface area contributed by atoms with Crippen molar-refractivity contribution in [1.29, 1.82) is 0 Å². The first-order chi connectivity index (χ1) is 17.3. The summed E-state index contributed by atoms with van der Waals surface area (Å²) in [5.74, 6) is -2.08. The van der Waals surface area contributed by atoms with Crippen molar-refractivity contribution in [1.82, 2.24) is 19.3 Å². The highest BCUT2D eigenvalue weighted by molar-refractivity contribution is 6.30. The van der Waals surface area contributed by atoms with Crippen molar-refractivity contribution in [2.24, 2.45) is 0 Å². The number of carbonyl (C=O) groups is 2. The topological polar surface area (TPSA) is 95.3 Å². The number of ether oxygens (including phenoxy) is 1. The third-order valence-corrected chi connectivity index (χ3v) is 7.60. The number of fused-ring (bicyclic) bond motifs is 3. The molecular weight excluding hydrogens is 491 g/mol. The summed E-state index contributed by atoms with van der Waals surface area (Å²) in [4.78, 5) is 45.6. The van der Waals surface area contributed by atoms with Crippen molar-refractivity contribution < 1.29 is 23.8 Å². The molecular formula is C25H28ClFN4O5. The van der Waals surface area contributed by atoms with Gasteiger partial charge in [-0.2, -0.15) is 0 Å². The van der Waals surface area contributed by atoms with Gasteiger partial charge in [-0.1, -0.05) is 17.7 Å². The van der Waals surface area contributed by atoms with Gasteiger partial charge in [-0.3, -0.25) is 19.3 Å². The van der Waals surface area contributed by atoms with Crippen molar-refractivity contribution in [3.05, 3.63) is 61.8 Å². The normalized spacial score (nSPS) is 21.1. The summed E-state index contributed by atoms with van der Waals surface area (Å²) in [5.41, 5.74) is 0.317. The monoisotopic (exact) mass is 518 g/mol. The van der Waals surface area contributed by atoms with E-state index in [4.69, 9.17) is 16.3 Å². The van der Waals surface area contributed by atoms with E-state index in [1.54, 1.807) is 11.9 Å². The SMILES string of the molecule is CN1CC(N2CCOCC2)CCn2c(c3c(c(O)c2=O)C(=O)N(Cc2ccc(F)c(Cl)c2)CC3)C1=O. The largest absolute Gasteiger partial charge is 0.502 e. The number of benzene rings is 1. The van der Waals surface area contributed by atoms with Crippen molar-refractivity contribution in [2.75, 3.05) is 46.4 Å². The van der Waals surface area contributed by atoms with E-state index in [-0.39, 0.29) is 47.9 Å². The molecule has 9 nitrogen and oxygen atoms in total. The number of rotatable bonds is 3. The lowest BCUT2D eigenvalue weighted by molar-refractivity contribution is 0.00594. The van der Waals surface area contributed by atoms with Gasteiger partial charge in [0.1, 0.15) is 11.5 Å². The summed E-state index contributed by atoms with van der Waals surface area (Å²) in [7, 11) is 1.70. The summed E-state index contributed by atoms with van der Waals surface area (Å²) in [6.07, 6.45) is 0.916. The zero-order valence-corrected chi connectivity index (χ0v) is 20.8. The molecule has 5 rings (SSSR count). The van der Waals surface area contributed by atoms with Crippen LogP contribution in [0.4, 0.5) is 4.39 Å². The first-order valence-corrected chi connectivity index (χ1v) is 12.4. The highest BCUT2D eigenvalue weighted by Crippen LogP contribution is 2.31. The number of morpholine rings is 1. The summed E-state index contributed by atoms with van der Waals surface area (Å²) >= 11 is 5.88. The smallest absolute Gasteiger partial charge is 0.294 e. The molecule has 192 valence electrons. The number of hydrogen-bond acceptors (Lipinski definition) is 6. The third-order valence-electron chi connectivity index (χ3n) is 7.31. The van der Waals surface area contributed by atoms with Gasteiger partial charge in [0.25, 0.3) is 17.4 Å². The lowest BCUT2D eigenvalue weighted by Gasteiger charge is -2.39. The van der Waals surface area contributed by atoms with E-state index < -0.39 is 23.0 Å². The maximum Gasteiger partial charge on any atom is 0.294 e. The number of amides is 2. The molecule has 0 aliphatic carbocycles. The van der Waals surface area contributed by atoms with Gasteiger partial charge in [0, 0.05) is 57.9 Å². The Kier molecular flexibility index (Phi) is 6.76. The first kappa shape index (κ1) is 24.7. The van der Waals surface area contributed by atoms with E-state index in [1.807, 2.05) is 0 Å². The summed E-state index contributed by atoms with van der Waals surface area (Å²) in [6.45, 7) is 3.94. The minimum atomic E-state index is -0.742. The highest BCUT2D eigenvalue weighted by atomic mass is 35.5. The van der Waals surface area contributed by atoms with E-state index in [1.165, 1.54) is 27.7 Å². The number of hydrogen-bond donors (Lipinski definition) is 1. The third kappa shape index (κ3) is 4.38. The van der Waals surface area contributed by atoms with Crippen LogP contribution in [0.25, 0.3) is 0 Å². The average Bonchev–Trinajstić information content (AvgIpc) is 2.87. The van der Waals surface area contributed by atoms with Gasteiger partial charge in [-0.25, -0.2) is 4.39 Å². The molecule has 4 heterocycles. The van der Waals surface area contributed by atoms with Crippen LogP contribution in [0.2, 0.25) is 5.02 Å². The molecule has 11 heteroatoms. The van der Waals surface area contributed by atoms with Crippen molar-refractivity contribution >= 4 is 23.4 Å². The maximum absolute atomic E-state index is 13.6. The van der Waals surface area contributed by atoms with Gasteiger partial charge < -0.3 is 24.2 Å². The fraction of sp³-hybridized carbons (Fsp3) is 0.480. The number of nitrogens with zero attached hydrogens (tertiary/aromatic N) is 4. The first-order valence-electron chi connectivity index (χ1n) is 12.1. The number of aromatic nitrogens is 1. The number of aromatic hydroxyl groups is 1. The Morgan fingerprint density at radius 1 is 1.11 bits per heavy atom. The second kappa shape index (κ2) is 9.84. The van der Waals surface area contributed by atoms with Gasteiger partial charge >= 0.3 is 0 Å². The molecule has 36 heavy (non-hydrogen) atoms. The van der Waals surface area contributed by atoms with Gasteiger partial charge in [0.05, 0.1) is 23.8 Å². The number of likely N-dealkylation sites (N-methyl/N-ethyl adjacent to an activating group) is 1. The lowest BCUT2D eigenvalue weighted by Crippen LogP contribution is -2.52. The number of carbonyl (C=O) groups excluding carboxylic acids is 2. The van der Waals surface area contributed by atoms with E-state index in [2.05, 4.69) is 4.90 Å². The van der Waals surface area contributed by atoms with Crippen molar-refractivity contribution in [3.63, 3.8) is 0 Å². The Morgan fingerprint density at radius 3 is 2.58 bits per heavy atom. The Morgan fingerprint density at radius 2 is 1.86 bits per heavy atom. The second-order valence-electron chi connectivity index (χ2n) is 9.51. The maximum atomic E-state index is 13.6. The van der Waals surface area contributed by atoms with Crippen LogP contribution in [0.3, 0.4) is 0 Å². The van der Waals surface area contributed by atoms with E-state index in [0.717, 1.165) is 13.1 Å². The quantitative estimate of drug-likeness (QED) is 0.665. The highest BCUT2D eigenvalue weighted by Gasteiger charge is 2.37. The van der Waals surface area contributed by atoms with Crippen LogP contribution >= 0.6 is 11.6 Å². The van der Waals surface area contributed by atoms with Crippen molar-refractivity contribution in [3.8, 4) is 5.75 Å². The van der Waals surface area contributed by atoms with Crippen LogP contribution in [0.15, 0.2) is 23.0 Å². The molecule has 1 aromatic carbocycles. The Bertz CT molecular complexity index is 1280. The second-order valence-corrected chi connectivity index (χ2v) is 9.92. The zero-order valence-electron chi connectivity index (χ0n) is 20.0. The van der Waals surface area contributed by atoms with Crippen LogP contribution in [0.1, 0.15) is 38.4 Å². The molecule has 0 radical (unpaired) electrons. The van der Waals surface area contributed by atoms with Crippen LogP contribution in [-0.4, -0.2) is 88.7 Å². The minimum Gasteiger partial charge on any atom is -0.502 e. The molecule has 1 saturated heterocycles. The van der Waals surface area contributed by atoms with Crippen LogP contribution in [-0.2, 0) is 24.2 Å². The zero-order chi connectivity index (χ0) is 25.6. The molecule has 1 atom stereocenters. The molecule has 1 aromatic heterocycles. The fourth-order valence-electron chi connectivity index (χ4n) is 5.40. The Balaban J connectivity index is 1.49. The van der Waals surface area contributed by atoms with Gasteiger partial charge in [0.2, 0.25) is 0 Å². The Labute approximate surface area is 212 Å². The Hall–Kier alpha value is -2.95. The molecule has 0 saturated carbocycles. The predicted octanol–water partition coefficient (Wildman–Crippen LogP) is 1.72. The fourth-order valence-corrected chi connectivity index (χ4v) is 5.60. The standard InChI is InChI=1S/C25H28ClFN4O5/c1-28-14-16(29-8-10-36-11-9-29)4-7-31-21(24(28)34)17-5-6-30(23(33)20(17)22(32)25(31)35)13-15-2-3-19(27)18(26)12-15/h2-3,12,16,32H,4-11,13-14H2,1H3. The summed E-state index contributed by atoms with van der Waals surface area (Å²) < 4.78 is 20.3. The summed E-state index contributed by atoms with van der Waals surface area (Å²) in [6, 6.07) is 4.26. The molecule has 0 bridgehead atoms. The molecule has 0 spiro atoms. The number of pyridine rings is 1. The van der Waals surface area contributed by atoms with Gasteiger partial charge in [-0.05, 0) is 30.5 Å². The van der Waals surface area contributed by atoms with E-state index >= 15 is 0 Å². The van der Waals surface area contributed by atoms with Crippen LogP contribution < -0.4 is 5.56 Å². The molecule has 1 N–H and O–H groups in total.